The van der Waals surface area contributed by atoms with Crippen LogP contribution in [0.25, 0.3) is 0 Å². The lowest BCUT2D eigenvalue weighted by atomic mass is 9.89. The summed E-state index contributed by atoms with van der Waals surface area (Å²) in [6, 6.07) is 16.4. The molecule has 2 aromatic rings. The van der Waals surface area contributed by atoms with E-state index in [-0.39, 0.29) is 12.0 Å². The van der Waals surface area contributed by atoms with Gasteiger partial charge in [0, 0.05) is 20.9 Å². The van der Waals surface area contributed by atoms with E-state index < -0.39 is 0 Å². The van der Waals surface area contributed by atoms with Crippen LogP contribution < -0.4 is 5.73 Å². The zero-order chi connectivity index (χ0) is 13.1. The highest BCUT2D eigenvalue weighted by atomic mass is 79.9. The predicted octanol–water partition coefficient (Wildman–Crippen LogP) is 5.02. The molecule has 2 atom stereocenters. The van der Waals surface area contributed by atoms with Crippen molar-refractivity contribution in [3.05, 3.63) is 68.6 Å². The highest BCUT2D eigenvalue weighted by Gasteiger charge is 2.18. The first-order valence-electron chi connectivity index (χ1n) is 5.85. The summed E-state index contributed by atoms with van der Waals surface area (Å²) in [6.45, 7) is 2.16. The van der Waals surface area contributed by atoms with Crippen molar-refractivity contribution < 1.29 is 0 Å². The third-order valence-electron chi connectivity index (χ3n) is 3.18. The van der Waals surface area contributed by atoms with Gasteiger partial charge in [-0.3, -0.25) is 0 Å². The highest BCUT2D eigenvalue weighted by Crippen LogP contribution is 2.34. The van der Waals surface area contributed by atoms with Crippen LogP contribution in [0.2, 0.25) is 0 Å². The van der Waals surface area contributed by atoms with Crippen LogP contribution in [0.5, 0.6) is 0 Å². The van der Waals surface area contributed by atoms with Crippen molar-refractivity contribution in [2.45, 2.75) is 18.9 Å². The largest absolute Gasteiger partial charge is 0.323 e. The van der Waals surface area contributed by atoms with E-state index in [1.54, 1.807) is 0 Å². The van der Waals surface area contributed by atoms with Gasteiger partial charge in [0.15, 0.2) is 0 Å². The van der Waals surface area contributed by atoms with Crippen molar-refractivity contribution >= 4 is 31.9 Å². The summed E-state index contributed by atoms with van der Waals surface area (Å²) in [5.41, 5.74) is 8.78. The van der Waals surface area contributed by atoms with Gasteiger partial charge in [0.2, 0.25) is 0 Å². The molecule has 0 heterocycles. The van der Waals surface area contributed by atoms with Crippen molar-refractivity contribution in [2.75, 3.05) is 0 Å². The van der Waals surface area contributed by atoms with Crippen LogP contribution in [0, 0.1) is 0 Å². The van der Waals surface area contributed by atoms with Crippen LogP contribution in [-0.4, -0.2) is 0 Å². The lowest BCUT2D eigenvalue weighted by molar-refractivity contribution is 0.595. The van der Waals surface area contributed by atoms with Gasteiger partial charge >= 0.3 is 0 Å². The normalized spacial score (nSPS) is 14.2. The van der Waals surface area contributed by atoms with Crippen LogP contribution in [0.3, 0.4) is 0 Å². The molecule has 0 radical (unpaired) electrons. The second kappa shape index (κ2) is 6.00. The van der Waals surface area contributed by atoms with Gasteiger partial charge < -0.3 is 5.73 Å². The number of nitrogens with two attached hydrogens (primary N) is 1. The summed E-state index contributed by atoms with van der Waals surface area (Å²) in [7, 11) is 0. The lowest BCUT2D eigenvalue weighted by Gasteiger charge is -2.22. The molecule has 0 aliphatic rings. The summed E-state index contributed by atoms with van der Waals surface area (Å²) >= 11 is 7.06. The molecule has 2 aromatic carbocycles. The number of rotatable bonds is 3. The Morgan fingerprint density at radius 1 is 1.00 bits per heavy atom. The Kier molecular flexibility index (Phi) is 4.60. The van der Waals surface area contributed by atoms with Gasteiger partial charge in [0.25, 0.3) is 0 Å². The topological polar surface area (TPSA) is 26.0 Å². The molecule has 0 aliphatic carbocycles. The smallest absolute Gasteiger partial charge is 0.0373 e. The third-order valence-corrected chi connectivity index (χ3v) is 4.40. The maximum Gasteiger partial charge on any atom is 0.0373 e. The van der Waals surface area contributed by atoms with Gasteiger partial charge in [-0.25, -0.2) is 0 Å². The molecule has 1 nitrogen and oxygen atoms in total. The Balaban J connectivity index is 2.31. The average Bonchev–Trinajstić information content (AvgIpc) is 2.41. The van der Waals surface area contributed by atoms with E-state index in [9.17, 15) is 0 Å². The minimum absolute atomic E-state index is 0.0284. The summed E-state index contributed by atoms with van der Waals surface area (Å²) in [5.74, 6) is 0.275. The SMILES string of the molecule is CC(c1ccccc1)C(N)c1cc(Br)ccc1Br. The number of hydrogen-bond acceptors (Lipinski definition) is 1. The van der Waals surface area contributed by atoms with Crippen LogP contribution in [-0.2, 0) is 0 Å². The Bertz CT molecular complexity index is 525. The van der Waals surface area contributed by atoms with E-state index in [0.717, 1.165) is 14.5 Å². The van der Waals surface area contributed by atoms with Gasteiger partial charge in [-0.1, -0.05) is 69.1 Å². The van der Waals surface area contributed by atoms with Crippen LogP contribution in [0.4, 0.5) is 0 Å². The summed E-state index contributed by atoms with van der Waals surface area (Å²) < 4.78 is 2.11. The van der Waals surface area contributed by atoms with Crippen LogP contribution in [0.1, 0.15) is 30.0 Å². The van der Waals surface area contributed by atoms with Crippen molar-refractivity contribution in [3.8, 4) is 0 Å². The molecule has 0 saturated carbocycles. The van der Waals surface area contributed by atoms with Crippen LogP contribution >= 0.6 is 31.9 Å². The van der Waals surface area contributed by atoms with Gasteiger partial charge in [0.1, 0.15) is 0 Å². The quantitative estimate of drug-likeness (QED) is 0.809. The minimum atomic E-state index is -0.0284. The molecule has 0 fully saturated rings. The van der Waals surface area contributed by atoms with Gasteiger partial charge in [-0.2, -0.15) is 0 Å². The van der Waals surface area contributed by atoms with E-state index >= 15 is 0 Å². The first-order chi connectivity index (χ1) is 8.59. The molecule has 94 valence electrons. The first-order valence-corrected chi connectivity index (χ1v) is 7.43. The molecule has 0 bridgehead atoms. The zero-order valence-corrected chi connectivity index (χ0v) is 13.3. The predicted molar refractivity (Wildman–Crippen MR) is 83.6 cm³/mol. The minimum Gasteiger partial charge on any atom is -0.323 e. The summed E-state index contributed by atoms with van der Waals surface area (Å²) in [6.07, 6.45) is 0. The Hall–Kier alpha value is -0.640. The van der Waals surface area contributed by atoms with E-state index in [2.05, 4.69) is 69.1 Å². The molecule has 0 aromatic heterocycles. The fourth-order valence-corrected chi connectivity index (χ4v) is 2.89. The highest BCUT2D eigenvalue weighted by molar-refractivity contribution is 9.11. The Morgan fingerprint density at radius 3 is 2.33 bits per heavy atom. The Labute approximate surface area is 125 Å². The number of hydrogen-bond donors (Lipinski definition) is 1. The fraction of sp³-hybridized carbons (Fsp3) is 0.200. The van der Waals surface area contributed by atoms with E-state index in [1.807, 2.05) is 18.2 Å². The zero-order valence-electron chi connectivity index (χ0n) is 10.1. The van der Waals surface area contributed by atoms with E-state index in [1.165, 1.54) is 5.56 Å². The fourth-order valence-electron chi connectivity index (χ4n) is 2.00. The molecular formula is C15H15Br2N. The molecule has 0 amide bonds. The average molecular weight is 369 g/mol. The third kappa shape index (κ3) is 3.02. The Morgan fingerprint density at radius 2 is 1.67 bits per heavy atom. The molecule has 2 N–H and O–H groups in total. The molecule has 2 unspecified atom stereocenters. The number of halogens is 2. The van der Waals surface area contributed by atoms with E-state index in [4.69, 9.17) is 5.73 Å². The van der Waals surface area contributed by atoms with Gasteiger partial charge in [0.05, 0.1) is 0 Å². The van der Waals surface area contributed by atoms with Gasteiger partial charge in [-0.05, 0) is 29.3 Å². The molecule has 0 spiro atoms. The first kappa shape index (κ1) is 13.8. The van der Waals surface area contributed by atoms with Crippen molar-refractivity contribution in [2.24, 2.45) is 5.73 Å². The molecule has 2 rings (SSSR count). The molecule has 0 saturated heterocycles. The van der Waals surface area contributed by atoms with Crippen molar-refractivity contribution in [1.29, 1.82) is 0 Å². The lowest BCUT2D eigenvalue weighted by Crippen LogP contribution is -2.18. The second-order valence-corrected chi connectivity index (χ2v) is 6.16. The summed E-state index contributed by atoms with van der Waals surface area (Å²) in [4.78, 5) is 0. The van der Waals surface area contributed by atoms with E-state index in [0.29, 0.717) is 0 Å². The molecule has 3 heteroatoms. The number of benzene rings is 2. The maximum atomic E-state index is 6.39. The second-order valence-electron chi connectivity index (χ2n) is 4.39. The molecular weight excluding hydrogens is 354 g/mol. The maximum absolute atomic E-state index is 6.39. The standard InChI is InChI=1S/C15H15Br2N/c1-10(11-5-3-2-4-6-11)15(18)13-9-12(16)7-8-14(13)17/h2-10,15H,18H2,1H3. The van der Waals surface area contributed by atoms with Gasteiger partial charge in [-0.15, -0.1) is 0 Å². The summed E-state index contributed by atoms with van der Waals surface area (Å²) in [5, 5.41) is 0. The molecule has 18 heavy (non-hydrogen) atoms. The van der Waals surface area contributed by atoms with Crippen molar-refractivity contribution in [1.82, 2.24) is 0 Å². The monoisotopic (exact) mass is 367 g/mol. The van der Waals surface area contributed by atoms with Crippen molar-refractivity contribution in [3.63, 3.8) is 0 Å². The molecule has 0 aliphatic heterocycles. The van der Waals surface area contributed by atoms with Crippen LogP contribution in [0.15, 0.2) is 57.5 Å².